The summed E-state index contributed by atoms with van der Waals surface area (Å²) in [5.74, 6) is -0.230. The molecule has 0 unspecified atom stereocenters. The van der Waals surface area contributed by atoms with E-state index in [0.717, 1.165) is 17.3 Å². The van der Waals surface area contributed by atoms with Gasteiger partial charge in [0.05, 0.1) is 24.0 Å². The molecule has 0 aliphatic rings. The maximum atomic E-state index is 11.7. The number of hydrogen-bond donors (Lipinski definition) is 1. The number of nitrogens with one attached hydrogen (secondary N) is 1. The topological polar surface area (TPSA) is 54.9 Å². The average molecular weight is 268 g/mol. The molecule has 0 aliphatic carbocycles. The summed E-state index contributed by atoms with van der Waals surface area (Å²) in [7, 11) is 0. The minimum absolute atomic E-state index is 0.122. The highest BCUT2D eigenvalue weighted by molar-refractivity contribution is 6.99. The quantitative estimate of drug-likeness (QED) is 0.930. The Balaban J connectivity index is 2.07. The molecule has 1 amide bonds. The van der Waals surface area contributed by atoms with Crippen LogP contribution in [0.1, 0.15) is 29.0 Å². The van der Waals surface area contributed by atoms with Gasteiger partial charge in [0.2, 0.25) is 0 Å². The van der Waals surface area contributed by atoms with Crippen molar-refractivity contribution in [1.29, 1.82) is 0 Å². The molecule has 4 nitrogen and oxygen atoms in total. The fraction of sp³-hybridized carbons (Fsp3) is 0.182. The molecule has 1 heterocycles. The second kappa shape index (κ2) is 5.25. The Kier molecular flexibility index (Phi) is 3.71. The molecule has 0 bridgehead atoms. The number of nitrogens with zero attached hydrogens (tertiary/aromatic N) is 2. The number of aromatic nitrogens is 2. The van der Waals surface area contributed by atoms with Gasteiger partial charge in [-0.15, -0.1) is 0 Å². The van der Waals surface area contributed by atoms with Crippen LogP contribution in [-0.4, -0.2) is 14.7 Å². The molecule has 88 valence electrons. The van der Waals surface area contributed by atoms with Gasteiger partial charge >= 0.3 is 0 Å². The molecule has 0 fully saturated rings. The molecule has 1 N–H and O–H groups in total. The van der Waals surface area contributed by atoms with Crippen LogP contribution in [0.3, 0.4) is 0 Å². The highest BCUT2D eigenvalue weighted by atomic mass is 35.5. The Labute approximate surface area is 108 Å². The summed E-state index contributed by atoms with van der Waals surface area (Å²) in [5, 5.41) is 3.48. The first-order valence-electron chi connectivity index (χ1n) is 5.00. The van der Waals surface area contributed by atoms with Crippen molar-refractivity contribution in [2.75, 3.05) is 0 Å². The molecule has 1 aromatic carbocycles. The Morgan fingerprint density at radius 3 is 3.00 bits per heavy atom. The van der Waals surface area contributed by atoms with Crippen LogP contribution >= 0.6 is 23.3 Å². The van der Waals surface area contributed by atoms with E-state index in [1.54, 1.807) is 6.07 Å². The van der Waals surface area contributed by atoms with E-state index in [9.17, 15) is 4.79 Å². The standard InChI is InChI=1S/C11H10ClN3OS/c1-7(8-3-2-4-9(12)5-8)14-11(16)10-6-13-17-15-10/h2-7H,1H3,(H,14,16)/t7-/m0/s1. The molecule has 6 heteroatoms. The van der Waals surface area contributed by atoms with E-state index < -0.39 is 0 Å². The summed E-state index contributed by atoms with van der Waals surface area (Å²) in [6, 6.07) is 7.26. The molecule has 0 saturated heterocycles. The molecule has 1 aromatic heterocycles. The summed E-state index contributed by atoms with van der Waals surface area (Å²) in [6.07, 6.45) is 1.45. The van der Waals surface area contributed by atoms with E-state index in [4.69, 9.17) is 11.6 Å². The minimum Gasteiger partial charge on any atom is -0.344 e. The summed E-state index contributed by atoms with van der Waals surface area (Å²) in [4.78, 5) is 11.7. The summed E-state index contributed by atoms with van der Waals surface area (Å²) in [6.45, 7) is 1.89. The van der Waals surface area contributed by atoms with Gasteiger partial charge in [0.1, 0.15) is 0 Å². The lowest BCUT2D eigenvalue weighted by Crippen LogP contribution is -2.26. The Hall–Kier alpha value is -1.46. The van der Waals surface area contributed by atoms with Crippen LogP contribution in [0.15, 0.2) is 30.5 Å². The van der Waals surface area contributed by atoms with Crippen LogP contribution < -0.4 is 5.32 Å². The number of halogens is 1. The average Bonchev–Trinajstić information content (AvgIpc) is 2.82. The van der Waals surface area contributed by atoms with Crippen LogP contribution in [-0.2, 0) is 0 Å². The number of benzene rings is 1. The van der Waals surface area contributed by atoms with Crippen LogP contribution in [0.4, 0.5) is 0 Å². The van der Waals surface area contributed by atoms with Gasteiger partial charge in [-0.2, -0.15) is 8.75 Å². The molecular formula is C11H10ClN3OS. The van der Waals surface area contributed by atoms with Gasteiger partial charge in [0, 0.05) is 5.02 Å². The maximum absolute atomic E-state index is 11.7. The van der Waals surface area contributed by atoms with E-state index in [1.807, 2.05) is 25.1 Å². The summed E-state index contributed by atoms with van der Waals surface area (Å²) in [5.41, 5.74) is 1.29. The predicted molar refractivity (Wildman–Crippen MR) is 67.2 cm³/mol. The molecule has 0 spiro atoms. The number of hydrogen-bond acceptors (Lipinski definition) is 4. The van der Waals surface area contributed by atoms with Crippen molar-refractivity contribution < 1.29 is 4.79 Å². The van der Waals surface area contributed by atoms with E-state index in [-0.39, 0.29) is 11.9 Å². The van der Waals surface area contributed by atoms with Crippen molar-refractivity contribution in [2.45, 2.75) is 13.0 Å². The fourth-order valence-electron chi connectivity index (χ4n) is 1.39. The maximum Gasteiger partial charge on any atom is 0.273 e. The van der Waals surface area contributed by atoms with Gasteiger partial charge in [0.25, 0.3) is 5.91 Å². The number of carbonyl (C=O) groups excluding carboxylic acids is 1. The minimum atomic E-state index is -0.230. The zero-order valence-corrected chi connectivity index (χ0v) is 10.6. The largest absolute Gasteiger partial charge is 0.344 e. The van der Waals surface area contributed by atoms with Crippen LogP contribution in [0.5, 0.6) is 0 Å². The molecule has 0 radical (unpaired) electrons. The monoisotopic (exact) mass is 267 g/mol. The Morgan fingerprint density at radius 1 is 1.53 bits per heavy atom. The van der Waals surface area contributed by atoms with E-state index >= 15 is 0 Å². The SMILES string of the molecule is C[C@H](NC(=O)c1cnsn1)c1cccc(Cl)c1. The van der Waals surface area contributed by atoms with Crippen molar-refractivity contribution in [3.63, 3.8) is 0 Å². The molecule has 2 aromatic rings. The lowest BCUT2D eigenvalue weighted by molar-refractivity contribution is 0.0936. The summed E-state index contributed by atoms with van der Waals surface area (Å²) < 4.78 is 7.66. The molecule has 1 atom stereocenters. The van der Waals surface area contributed by atoms with E-state index in [1.165, 1.54) is 6.20 Å². The third kappa shape index (κ3) is 3.01. The second-order valence-electron chi connectivity index (χ2n) is 3.54. The first kappa shape index (κ1) is 12.0. The van der Waals surface area contributed by atoms with Crippen molar-refractivity contribution >= 4 is 29.2 Å². The van der Waals surface area contributed by atoms with Crippen molar-refractivity contribution in [3.8, 4) is 0 Å². The van der Waals surface area contributed by atoms with Gasteiger partial charge < -0.3 is 5.32 Å². The van der Waals surface area contributed by atoms with Crippen molar-refractivity contribution in [3.05, 3.63) is 46.7 Å². The molecular weight excluding hydrogens is 258 g/mol. The third-order valence-electron chi connectivity index (χ3n) is 2.29. The smallest absolute Gasteiger partial charge is 0.273 e. The highest BCUT2D eigenvalue weighted by Gasteiger charge is 2.13. The fourth-order valence-corrected chi connectivity index (χ4v) is 2.01. The Morgan fingerprint density at radius 2 is 2.35 bits per heavy atom. The van der Waals surface area contributed by atoms with Gasteiger partial charge in [-0.25, -0.2) is 0 Å². The first-order chi connectivity index (χ1) is 8.16. The highest BCUT2D eigenvalue weighted by Crippen LogP contribution is 2.17. The molecule has 0 aliphatic heterocycles. The van der Waals surface area contributed by atoms with Crippen molar-refractivity contribution in [1.82, 2.24) is 14.1 Å². The van der Waals surface area contributed by atoms with Crippen molar-refractivity contribution in [2.24, 2.45) is 0 Å². The molecule has 2 rings (SSSR count). The van der Waals surface area contributed by atoms with E-state index in [2.05, 4.69) is 14.1 Å². The second-order valence-corrected chi connectivity index (χ2v) is 4.54. The first-order valence-corrected chi connectivity index (χ1v) is 6.11. The van der Waals surface area contributed by atoms with E-state index in [0.29, 0.717) is 10.7 Å². The van der Waals surface area contributed by atoms with Gasteiger partial charge in [0.15, 0.2) is 5.69 Å². The number of rotatable bonds is 3. The third-order valence-corrected chi connectivity index (χ3v) is 3.00. The molecule has 17 heavy (non-hydrogen) atoms. The normalized spacial score (nSPS) is 12.1. The van der Waals surface area contributed by atoms with Crippen LogP contribution in [0.25, 0.3) is 0 Å². The van der Waals surface area contributed by atoms with Gasteiger partial charge in [-0.1, -0.05) is 23.7 Å². The van der Waals surface area contributed by atoms with Crippen LogP contribution in [0.2, 0.25) is 5.02 Å². The molecule has 0 saturated carbocycles. The number of amides is 1. The van der Waals surface area contributed by atoms with Crippen LogP contribution in [0, 0.1) is 0 Å². The lowest BCUT2D eigenvalue weighted by Gasteiger charge is -2.13. The summed E-state index contributed by atoms with van der Waals surface area (Å²) >= 11 is 6.90. The zero-order chi connectivity index (χ0) is 12.3. The predicted octanol–water partition coefficient (Wildman–Crippen LogP) is 2.68. The van der Waals surface area contributed by atoms with Gasteiger partial charge in [-0.05, 0) is 24.6 Å². The Bertz CT molecular complexity index is 515. The lowest BCUT2D eigenvalue weighted by atomic mass is 10.1. The van der Waals surface area contributed by atoms with Gasteiger partial charge in [-0.3, -0.25) is 4.79 Å². The zero-order valence-electron chi connectivity index (χ0n) is 9.05. The number of carbonyl (C=O) groups is 1.